The number of hydrogen-bond donors (Lipinski definition) is 2. The van der Waals surface area contributed by atoms with Crippen LogP contribution >= 0.6 is 0 Å². The standard InChI is InChI=1S/C12H27N3O2/c1-10(8-17-6)14-11(16)7-13-9-12(2,3)15(4)5/h10,13H,7-9H2,1-6H3,(H,14,16). The Bertz CT molecular complexity index is 230. The minimum Gasteiger partial charge on any atom is -0.383 e. The van der Waals surface area contributed by atoms with Crippen molar-refractivity contribution in [1.82, 2.24) is 15.5 Å². The van der Waals surface area contributed by atoms with Crippen LogP contribution in [0.2, 0.25) is 0 Å². The highest BCUT2D eigenvalue weighted by Gasteiger charge is 2.20. The summed E-state index contributed by atoms with van der Waals surface area (Å²) in [5.74, 6) is 0.00380. The predicted molar refractivity (Wildman–Crippen MR) is 70.1 cm³/mol. The van der Waals surface area contributed by atoms with Gasteiger partial charge in [0.25, 0.3) is 0 Å². The van der Waals surface area contributed by atoms with Crippen LogP contribution < -0.4 is 10.6 Å². The third-order valence-corrected chi connectivity index (χ3v) is 2.88. The van der Waals surface area contributed by atoms with E-state index < -0.39 is 0 Å². The van der Waals surface area contributed by atoms with Crippen LogP contribution in [0.1, 0.15) is 20.8 Å². The van der Waals surface area contributed by atoms with Crippen LogP contribution in [0.4, 0.5) is 0 Å². The van der Waals surface area contributed by atoms with Crippen LogP contribution in [0, 0.1) is 0 Å². The van der Waals surface area contributed by atoms with Gasteiger partial charge in [-0.15, -0.1) is 0 Å². The summed E-state index contributed by atoms with van der Waals surface area (Å²) in [4.78, 5) is 13.7. The van der Waals surface area contributed by atoms with E-state index >= 15 is 0 Å². The van der Waals surface area contributed by atoms with Crippen molar-refractivity contribution in [2.75, 3.05) is 40.9 Å². The van der Waals surface area contributed by atoms with Crippen molar-refractivity contribution in [3.8, 4) is 0 Å². The van der Waals surface area contributed by atoms with Gasteiger partial charge in [0.05, 0.1) is 13.2 Å². The number of amides is 1. The number of carbonyl (C=O) groups is 1. The summed E-state index contributed by atoms with van der Waals surface area (Å²) in [6.45, 7) is 7.83. The second kappa shape index (κ2) is 7.63. The van der Waals surface area contributed by atoms with E-state index in [4.69, 9.17) is 4.74 Å². The number of likely N-dealkylation sites (N-methyl/N-ethyl adjacent to an activating group) is 1. The monoisotopic (exact) mass is 245 g/mol. The zero-order chi connectivity index (χ0) is 13.5. The molecule has 0 radical (unpaired) electrons. The van der Waals surface area contributed by atoms with Crippen molar-refractivity contribution < 1.29 is 9.53 Å². The van der Waals surface area contributed by atoms with E-state index in [0.717, 1.165) is 6.54 Å². The Morgan fingerprint density at radius 1 is 1.41 bits per heavy atom. The molecule has 17 heavy (non-hydrogen) atoms. The molecular weight excluding hydrogens is 218 g/mol. The molecule has 0 aliphatic heterocycles. The van der Waals surface area contributed by atoms with Gasteiger partial charge in [0.2, 0.25) is 5.91 Å². The van der Waals surface area contributed by atoms with Gasteiger partial charge < -0.3 is 20.3 Å². The van der Waals surface area contributed by atoms with Crippen molar-refractivity contribution >= 4 is 5.91 Å². The highest BCUT2D eigenvalue weighted by Crippen LogP contribution is 2.07. The molecule has 0 aromatic heterocycles. The lowest BCUT2D eigenvalue weighted by atomic mass is 10.0. The van der Waals surface area contributed by atoms with E-state index in [-0.39, 0.29) is 17.5 Å². The van der Waals surface area contributed by atoms with Crippen LogP contribution in [-0.2, 0) is 9.53 Å². The number of nitrogens with zero attached hydrogens (tertiary/aromatic N) is 1. The molecule has 0 fully saturated rings. The first-order valence-corrected chi connectivity index (χ1v) is 5.96. The molecule has 2 N–H and O–H groups in total. The Morgan fingerprint density at radius 2 is 2.00 bits per heavy atom. The lowest BCUT2D eigenvalue weighted by Gasteiger charge is -2.32. The molecule has 0 aliphatic rings. The number of methoxy groups -OCH3 is 1. The lowest BCUT2D eigenvalue weighted by Crippen LogP contribution is -2.49. The summed E-state index contributed by atoms with van der Waals surface area (Å²) in [5.41, 5.74) is 0.0401. The fourth-order valence-corrected chi connectivity index (χ4v) is 1.26. The van der Waals surface area contributed by atoms with Gasteiger partial charge in [0, 0.05) is 25.2 Å². The molecule has 0 aromatic carbocycles. The average molecular weight is 245 g/mol. The van der Waals surface area contributed by atoms with Crippen molar-refractivity contribution in [1.29, 1.82) is 0 Å². The normalized spacial score (nSPS) is 13.8. The maximum atomic E-state index is 11.5. The molecule has 5 heteroatoms. The van der Waals surface area contributed by atoms with Crippen LogP contribution in [-0.4, -0.2) is 63.3 Å². The molecule has 1 atom stereocenters. The van der Waals surface area contributed by atoms with Gasteiger partial charge in [-0.2, -0.15) is 0 Å². The predicted octanol–water partition coefficient (Wildman–Crippen LogP) is 0.0673. The molecular formula is C12H27N3O2. The zero-order valence-electron chi connectivity index (χ0n) is 12.0. The Balaban J connectivity index is 3.79. The molecule has 102 valence electrons. The highest BCUT2D eigenvalue weighted by atomic mass is 16.5. The van der Waals surface area contributed by atoms with Gasteiger partial charge in [-0.3, -0.25) is 4.79 Å². The summed E-state index contributed by atoms with van der Waals surface area (Å²) in [7, 11) is 5.69. The third-order valence-electron chi connectivity index (χ3n) is 2.88. The molecule has 1 amide bonds. The first kappa shape index (κ1) is 16.4. The molecule has 0 spiro atoms. The fraction of sp³-hybridized carbons (Fsp3) is 0.917. The van der Waals surface area contributed by atoms with Crippen LogP contribution in [0.25, 0.3) is 0 Å². The van der Waals surface area contributed by atoms with E-state index in [2.05, 4.69) is 29.4 Å². The van der Waals surface area contributed by atoms with E-state index in [0.29, 0.717) is 13.2 Å². The van der Waals surface area contributed by atoms with E-state index in [1.165, 1.54) is 0 Å². The molecule has 0 saturated heterocycles. The van der Waals surface area contributed by atoms with Crippen molar-refractivity contribution in [3.05, 3.63) is 0 Å². The third kappa shape index (κ3) is 7.31. The van der Waals surface area contributed by atoms with Gasteiger partial charge in [0.1, 0.15) is 0 Å². The molecule has 5 nitrogen and oxygen atoms in total. The summed E-state index contributed by atoms with van der Waals surface area (Å²) in [6.07, 6.45) is 0. The Hall–Kier alpha value is -0.650. The molecule has 0 rings (SSSR count). The highest BCUT2D eigenvalue weighted by molar-refractivity contribution is 5.78. The first-order valence-electron chi connectivity index (χ1n) is 5.96. The van der Waals surface area contributed by atoms with Crippen molar-refractivity contribution in [2.24, 2.45) is 0 Å². The molecule has 0 bridgehead atoms. The van der Waals surface area contributed by atoms with Crippen molar-refractivity contribution in [3.63, 3.8) is 0 Å². The Labute approximate surface area is 105 Å². The zero-order valence-corrected chi connectivity index (χ0v) is 12.0. The molecule has 0 aliphatic carbocycles. The SMILES string of the molecule is COCC(C)NC(=O)CNCC(C)(C)N(C)C. The van der Waals surface area contributed by atoms with Crippen molar-refractivity contribution in [2.45, 2.75) is 32.4 Å². The number of hydrogen-bond acceptors (Lipinski definition) is 4. The minimum atomic E-state index is 0.00380. The summed E-state index contributed by atoms with van der Waals surface area (Å²) in [6, 6.07) is 0.0520. The van der Waals surface area contributed by atoms with E-state index in [1.807, 2.05) is 21.0 Å². The smallest absolute Gasteiger partial charge is 0.234 e. The number of rotatable bonds is 8. The second-order valence-corrected chi connectivity index (χ2v) is 5.23. The second-order valence-electron chi connectivity index (χ2n) is 5.23. The van der Waals surface area contributed by atoms with Gasteiger partial charge in [-0.1, -0.05) is 0 Å². The van der Waals surface area contributed by atoms with Gasteiger partial charge in [-0.05, 0) is 34.9 Å². The molecule has 0 saturated carbocycles. The van der Waals surface area contributed by atoms with Crippen LogP contribution in [0.5, 0.6) is 0 Å². The lowest BCUT2D eigenvalue weighted by molar-refractivity contribution is -0.121. The molecule has 0 aromatic rings. The van der Waals surface area contributed by atoms with Crippen LogP contribution in [0.3, 0.4) is 0 Å². The topological polar surface area (TPSA) is 53.6 Å². The summed E-state index contributed by atoms with van der Waals surface area (Å²) < 4.78 is 4.95. The largest absolute Gasteiger partial charge is 0.383 e. The summed E-state index contributed by atoms with van der Waals surface area (Å²) in [5, 5.41) is 6.02. The van der Waals surface area contributed by atoms with Gasteiger partial charge in [-0.25, -0.2) is 0 Å². The molecule has 0 heterocycles. The maximum Gasteiger partial charge on any atom is 0.234 e. The maximum absolute atomic E-state index is 11.5. The Kier molecular flexibility index (Phi) is 7.34. The number of ether oxygens (including phenoxy) is 1. The first-order chi connectivity index (χ1) is 7.79. The number of carbonyl (C=O) groups excluding carboxylic acids is 1. The summed E-state index contributed by atoms with van der Waals surface area (Å²) >= 11 is 0. The Morgan fingerprint density at radius 3 is 2.47 bits per heavy atom. The average Bonchev–Trinajstić information content (AvgIpc) is 2.16. The minimum absolute atomic E-state index is 0.00380. The van der Waals surface area contributed by atoms with Crippen LogP contribution in [0.15, 0.2) is 0 Å². The van der Waals surface area contributed by atoms with E-state index in [9.17, 15) is 4.79 Å². The molecule has 1 unspecified atom stereocenters. The number of nitrogens with one attached hydrogen (secondary N) is 2. The van der Waals surface area contributed by atoms with Gasteiger partial charge >= 0.3 is 0 Å². The van der Waals surface area contributed by atoms with E-state index in [1.54, 1.807) is 7.11 Å². The van der Waals surface area contributed by atoms with Gasteiger partial charge in [0.15, 0.2) is 0 Å². The fourth-order valence-electron chi connectivity index (χ4n) is 1.26. The quantitative estimate of drug-likeness (QED) is 0.635.